The number of hydrogen-bond donors (Lipinski definition) is 1. The van der Waals surface area contributed by atoms with Gasteiger partial charge >= 0.3 is 0 Å². The molecule has 6 nitrogen and oxygen atoms in total. The Morgan fingerprint density at radius 3 is 2.39 bits per heavy atom. The molecule has 1 amide bonds. The van der Waals surface area contributed by atoms with Crippen LogP contribution in [0.4, 0.5) is 0 Å². The van der Waals surface area contributed by atoms with Gasteiger partial charge in [0.2, 0.25) is 0 Å². The Hall–Kier alpha value is -3.12. The number of aliphatic hydroxyl groups excluding tert-OH is 1. The molecule has 1 atom stereocenters. The second kappa shape index (κ2) is 9.35. The van der Waals surface area contributed by atoms with Crippen LogP contribution in [0.1, 0.15) is 42.5 Å². The number of aliphatic hydroxyl groups is 1. The van der Waals surface area contributed by atoms with Gasteiger partial charge in [-0.15, -0.1) is 0 Å². The van der Waals surface area contributed by atoms with Crippen molar-refractivity contribution in [3.05, 3.63) is 70.8 Å². The van der Waals surface area contributed by atoms with Crippen LogP contribution in [-0.2, 0) is 9.59 Å². The first-order valence-electron chi connectivity index (χ1n) is 10.4. The van der Waals surface area contributed by atoms with Gasteiger partial charge in [-0.1, -0.05) is 50.2 Å². The second-order valence-corrected chi connectivity index (χ2v) is 8.35. The van der Waals surface area contributed by atoms with E-state index < -0.39 is 17.7 Å². The average molecular weight is 423 g/mol. The van der Waals surface area contributed by atoms with Crippen molar-refractivity contribution in [2.24, 2.45) is 0 Å². The average Bonchev–Trinajstić information content (AvgIpc) is 3.01. The second-order valence-electron chi connectivity index (χ2n) is 8.35. The Kier molecular flexibility index (Phi) is 6.81. The SMILES string of the molecule is COc1cccc(C(O)=C2C(=O)C(=O)N(CCN(C)C)[C@H]2c2ccc(C(C)C)cc2)c1. The smallest absolute Gasteiger partial charge is 0.295 e. The first-order valence-corrected chi connectivity index (χ1v) is 10.4. The van der Waals surface area contributed by atoms with Crippen LogP contribution in [-0.4, -0.2) is 60.9 Å². The van der Waals surface area contributed by atoms with Crippen molar-refractivity contribution in [1.29, 1.82) is 0 Å². The van der Waals surface area contributed by atoms with Crippen molar-refractivity contribution in [3.8, 4) is 5.75 Å². The summed E-state index contributed by atoms with van der Waals surface area (Å²) in [4.78, 5) is 29.5. The molecule has 2 aromatic rings. The Morgan fingerprint density at radius 1 is 1.13 bits per heavy atom. The molecule has 164 valence electrons. The van der Waals surface area contributed by atoms with Gasteiger partial charge in [-0.25, -0.2) is 0 Å². The first kappa shape index (κ1) is 22.6. The highest BCUT2D eigenvalue weighted by molar-refractivity contribution is 6.46. The lowest BCUT2D eigenvalue weighted by atomic mass is 9.93. The Labute approximate surface area is 183 Å². The molecule has 1 saturated heterocycles. The zero-order valence-electron chi connectivity index (χ0n) is 18.8. The molecule has 0 spiro atoms. The summed E-state index contributed by atoms with van der Waals surface area (Å²) in [5.74, 6) is -0.529. The number of ether oxygens (including phenoxy) is 1. The van der Waals surface area contributed by atoms with E-state index in [9.17, 15) is 14.7 Å². The summed E-state index contributed by atoms with van der Waals surface area (Å²) >= 11 is 0. The zero-order valence-corrected chi connectivity index (χ0v) is 18.8. The van der Waals surface area contributed by atoms with E-state index in [2.05, 4.69) is 13.8 Å². The monoisotopic (exact) mass is 422 g/mol. The number of carbonyl (C=O) groups excluding carboxylic acids is 2. The molecule has 6 heteroatoms. The standard InChI is InChI=1S/C25H30N2O4/c1-16(2)17-9-11-18(12-10-17)22-21(23(28)19-7-6-8-20(15-19)31-5)24(29)25(30)27(22)14-13-26(3)4/h6-12,15-16,22,28H,13-14H2,1-5H3/t22-/m0/s1. The molecule has 3 rings (SSSR count). The minimum Gasteiger partial charge on any atom is -0.507 e. The lowest BCUT2D eigenvalue weighted by Gasteiger charge is -2.27. The highest BCUT2D eigenvalue weighted by Gasteiger charge is 2.45. The van der Waals surface area contributed by atoms with Crippen LogP contribution < -0.4 is 4.74 Å². The lowest BCUT2D eigenvalue weighted by molar-refractivity contribution is -0.140. The van der Waals surface area contributed by atoms with Gasteiger partial charge in [-0.2, -0.15) is 0 Å². The molecule has 1 heterocycles. The minimum atomic E-state index is -0.669. The molecule has 31 heavy (non-hydrogen) atoms. The number of carbonyl (C=O) groups is 2. The van der Waals surface area contributed by atoms with Gasteiger partial charge in [-0.05, 0) is 43.3 Å². The van der Waals surface area contributed by atoms with Gasteiger partial charge in [-0.3, -0.25) is 9.59 Å². The van der Waals surface area contributed by atoms with Crippen LogP contribution in [0.2, 0.25) is 0 Å². The van der Waals surface area contributed by atoms with E-state index in [1.165, 1.54) is 12.7 Å². The van der Waals surface area contributed by atoms with Crippen LogP contribution in [0.3, 0.4) is 0 Å². The van der Waals surface area contributed by atoms with Crippen LogP contribution >= 0.6 is 0 Å². The minimum absolute atomic E-state index is 0.106. The van der Waals surface area contributed by atoms with Crippen molar-refractivity contribution in [1.82, 2.24) is 9.80 Å². The highest BCUT2D eigenvalue weighted by atomic mass is 16.5. The molecule has 0 aliphatic carbocycles. The highest BCUT2D eigenvalue weighted by Crippen LogP contribution is 2.39. The maximum atomic E-state index is 13.0. The van der Waals surface area contributed by atoms with Gasteiger partial charge in [0, 0.05) is 18.7 Å². The molecular weight excluding hydrogens is 392 g/mol. The van der Waals surface area contributed by atoms with Crippen LogP contribution in [0, 0.1) is 0 Å². The molecule has 2 aromatic carbocycles. The summed E-state index contributed by atoms with van der Waals surface area (Å²) in [7, 11) is 5.37. The van der Waals surface area contributed by atoms with E-state index in [-0.39, 0.29) is 11.3 Å². The van der Waals surface area contributed by atoms with E-state index in [1.807, 2.05) is 43.3 Å². The third-order valence-electron chi connectivity index (χ3n) is 5.59. The molecule has 1 fully saturated rings. The van der Waals surface area contributed by atoms with Crippen molar-refractivity contribution in [3.63, 3.8) is 0 Å². The van der Waals surface area contributed by atoms with Gasteiger partial charge in [0.1, 0.15) is 11.5 Å². The molecule has 0 aromatic heterocycles. The van der Waals surface area contributed by atoms with Gasteiger partial charge in [0.15, 0.2) is 0 Å². The number of hydrogen-bond acceptors (Lipinski definition) is 5. The number of Topliss-reactive ketones (excluding diaryl/α,β-unsaturated/α-hetero) is 1. The van der Waals surface area contributed by atoms with E-state index in [4.69, 9.17) is 4.74 Å². The summed E-state index contributed by atoms with van der Waals surface area (Å²) in [5.41, 5.74) is 2.51. The maximum Gasteiger partial charge on any atom is 0.295 e. The van der Waals surface area contributed by atoms with Crippen molar-refractivity contribution in [2.75, 3.05) is 34.3 Å². The van der Waals surface area contributed by atoms with Crippen molar-refractivity contribution >= 4 is 17.4 Å². The number of benzene rings is 2. The van der Waals surface area contributed by atoms with Gasteiger partial charge in [0.25, 0.3) is 11.7 Å². The molecule has 1 aliphatic heterocycles. The fourth-order valence-electron chi connectivity index (χ4n) is 3.75. The summed E-state index contributed by atoms with van der Waals surface area (Å²) in [6.07, 6.45) is 0. The number of rotatable bonds is 7. The van der Waals surface area contributed by atoms with E-state index in [0.29, 0.717) is 30.3 Å². The summed E-state index contributed by atoms with van der Waals surface area (Å²) in [5, 5.41) is 11.1. The topological polar surface area (TPSA) is 70.1 Å². The predicted molar refractivity (Wildman–Crippen MR) is 121 cm³/mol. The summed E-state index contributed by atoms with van der Waals surface area (Å²) in [6.45, 7) is 5.21. The number of ketones is 1. The predicted octanol–water partition coefficient (Wildman–Crippen LogP) is 3.80. The molecule has 1 aliphatic rings. The lowest BCUT2D eigenvalue weighted by Crippen LogP contribution is -2.35. The van der Waals surface area contributed by atoms with Crippen LogP contribution in [0.5, 0.6) is 5.75 Å². The number of likely N-dealkylation sites (N-methyl/N-ethyl adjacent to an activating group) is 1. The number of likely N-dealkylation sites (tertiary alicyclic amines) is 1. The number of methoxy groups -OCH3 is 1. The van der Waals surface area contributed by atoms with E-state index in [0.717, 1.165) is 5.56 Å². The van der Waals surface area contributed by atoms with Gasteiger partial charge in [0.05, 0.1) is 18.7 Å². The van der Waals surface area contributed by atoms with Crippen LogP contribution in [0.25, 0.3) is 5.76 Å². The Bertz CT molecular complexity index is 993. The summed E-state index contributed by atoms with van der Waals surface area (Å²) < 4.78 is 5.25. The van der Waals surface area contributed by atoms with Crippen LogP contribution in [0.15, 0.2) is 54.1 Å². The quantitative estimate of drug-likeness (QED) is 0.418. The van der Waals surface area contributed by atoms with Crippen molar-refractivity contribution in [2.45, 2.75) is 25.8 Å². The third-order valence-corrected chi connectivity index (χ3v) is 5.59. The number of amides is 1. The first-order chi connectivity index (χ1) is 14.7. The normalized spacial score (nSPS) is 18.3. The Morgan fingerprint density at radius 2 is 1.81 bits per heavy atom. The molecule has 0 radical (unpaired) electrons. The number of nitrogens with zero attached hydrogens (tertiary/aromatic N) is 2. The van der Waals surface area contributed by atoms with E-state index in [1.54, 1.807) is 29.2 Å². The molecular formula is C25H30N2O4. The third kappa shape index (κ3) is 4.64. The summed E-state index contributed by atoms with van der Waals surface area (Å²) in [6, 6.07) is 14.1. The molecule has 0 bridgehead atoms. The molecule has 0 saturated carbocycles. The largest absolute Gasteiger partial charge is 0.507 e. The fourth-order valence-corrected chi connectivity index (χ4v) is 3.75. The maximum absolute atomic E-state index is 13.0. The van der Waals surface area contributed by atoms with Gasteiger partial charge < -0.3 is 19.6 Å². The molecule has 1 N–H and O–H groups in total. The van der Waals surface area contributed by atoms with E-state index >= 15 is 0 Å². The fraction of sp³-hybridized carbons (Fsp3) is 0.360. The zero-order chi connectivity index (χ0) is 22.7. The van der Waals surface area contributed by atoms with Crippen molar-refractivity contribution < 1.29 is 19.4 Å². The Balaban J connectivity index is 2.13. The molecule has 0 unspecified atom stereocenters.